The van der Waals surface area contributed by atoms with Crippen molar-refractivity contribution < 1.29 is 9.63 Å². The molecule has 4 fully saturated rings. The predicted octanol–water partition coefficient (Wildman–Crippen LogP) is 4.22. The molecule has 1 heterocycles. The minimum Gasteiger partial charge on any atom is -0.314 e. The van der Waals surface area contributed by atoms with Crippen molar-refractivity contribution in [3.8, 4) is 0 Å². The standard InChI is InChI=1S/C24H38N2O2/c1-15-12-18-19-4-5-22(27)24(19,3)10-7-20(18)23(2)9-6-16(13-21(15)23)26-28-17-8-11-25-14-17/h13,15,17-21,25-26H,4-12,14H2,1-3H3/t15-,17+,18-,19-,20-,21?,23+,24-/m0/s1. The number of rotatable bonds is 3. The predicted molar refractivity (Wildman–Crippen MR) is 110 cm³/mol. The average molecular weight is 387 g/mol. The van der Waals surface area contributed by atoms with Crippen LogP contribution in [0.3, 0.4) is 0 Å². The number of ketones is 1. The lowest BCUT2D eigenvalue weighted by Gasteiger charge is -2.60. The van der Waals surface area contributed by atoms with E-state index >= 15 is 0 Å². The molecule has 28 heavy (non-hydrogen) atoms. The Morgan fingerprint density at radius 3 is 2.79 bits per heavy atom. The minimum atomic E-state index is -0.00946. The Labute approximate surface area is 170 Å². The maximum Gasteiger partial charge on any atom is 0.139 e. The quantitative estimate of drug-likeness (QED) is 0.713. The molecule has 3 saturated carbocycles. The second-order valence-corrected chi connectivity index (χ2v) is 11.1. The van der Waals surface area contributed by atoms with Gasteiger partial charge in [-0.05, 0) is 86.5 Å². The maximum atomic E-state index is 12.6. The van der Waals surface area contributed by atoms with Gasteiger partial charge in [0.2, 0.25) is 0 Å². The highest BCUT2D eigenvalue weighted by molar-refractivity contribution is 5.87. The Hall–Kier alpha value is -0.870. The van der Waals surface area contributed by atoms with Gasteiger partial charge >= 0.3 is 0 Å². The summed E-state index contributed by atoms with van der Waals surface area (Å²) in [5.74, 6) is 4.07. The van der Waals surface area contributed by atoms with Gasteiger partial charge in [0, 0.05) is 24.1 Å². The number of hydrogen-bond donors (Lipinski definition) is 2. The van der Waals surface area contributed by atoms with Crippen LogP contribution in [-0.2, 0) is 9.63 Å². The van der Waals surface area contributed by atoms with Crippen molar-refractivity contribution in [3.05, 3.63) is 11.8 Å². The molecule has 4 heteroatoms. The van der Waals surface area contributed by atoms with Crippen LogP contribution in [0.4, 0.5) is 0 Å². The van der Waals surface area contributed by atoms with E-state index in [1.165, 1.54) is 25.0 Å². The molecule has 0 radical (unpaired) electrons. The highest BCUT2D eigenvalue weighted by Gasteiger charge is 2.60. The van der Waals surface area contributed by atoms with E-state index in [2.05, 4.69) is 37.6 Å². The molecule has 1 unspecified atom stereocenters. The molecule has 1 saturated heterocycles. The smallest absolute Gasteiger partial charge is 0.139 e. The van der Waals surface area contributed by atoms with Crippen LogP contribution in [0.1, 0.15) is 72.1 Å². The molecule has 4 nitrogen and oxygen atoms in total. The lowest BCUT2D eigenvalue weighted by Crippen LogP contribution is -2.55. The fourth-order valence-electron chi connectivity index (χ4n) is 8.06. The van der Waals surface area contributed by atoms with E-state index in [0.29, 0.717) is 35.1 Å². The Bertz CT molecular complexity index is 670. The normalized spacial score (nSPS) is 50.5. The monoisotopic (exact) mass is 386 g/mol. The number of fused-ring (bicyclic) bond motifs is 5. The molecule has 2 N–H and O–H groups in total. The molecule has 0 aromatic rings. The molecule has 5 rings (SSSR count). The number of Topliss-reactive ketones (excluding diaryl/α,β-unsaturated/α-hetero) is 1. The number of allylic oxidation sites excluding steroid dienone is 2. The van der Waals surface area contributed by atoms with Crippen molar-refractivity contribution in [3.63, 3.8) is 0 Å². The zero-order chi connectivity index (χ0) is 19.5. The summed E-state index contributed by atoms with van der Waals surface area (Å²) in [5.41, 5.74) is 5.01. The molecule has 1 aliphatic heterocycles. The maximum absolute atomic E-state index is 12.6. The second kappa shape index (κ2) is 6.84. The number of hydrogen-bond acceptors (Lipinski definition) is 4. The summed E-state index contributed by atoms with van der Waals surface area (Å²) in [6.07, 6.45) is 11.9. The number of nitrogens with one attached hydrogen (secondary N) is 2. The van der Waals surface area contributed by atoms with Crippen LogP contribution >= 0.6 is 0 Å². The van der Waals surface area contributed by atoms with Gasteiger partial charge in [-0.25, -0.2) is 0 Å². The third kappa shape index (κ3) is 2.81. The van der Waals surface area contributed by atoms with Gasteiger partial charge in [-0.2, -0.15) is 0 Å². The first-order valence-corrected chi connectivity index (χ1v) is 11.8. The molecule has 0 aromatic carbocycles. The Balaban J connectivity index is 1.35. The zero-order valence-electron chi connectivity index (χ0n) is 17.9. The van der Waals surface area contributed by atoms with Gasteiger partial charge in [-0.3, -0.25) is 15.1 Å². The molecule has 0 aromatic heterocycles. The first-order chi connectivity index (χ1) is 13.4. The first kappa shape index (κ1) is 19.1. The topological polar surface area (TPSA) is 50.4 Å². The van der Waals surface area contributed by atoms with Gasteiger partial charge in [-0.15, -0.1) is 0 Å². The van der Waals surface area contributed by atoms with E-state index in [4.69, 9.17) is 4.84 Å². The van der Waals surface area contributed by atoms with E-state index in [1.54, 1.807) is 0 Å². The van der Waals surface area contributed by atoms with Crippen molar-refractivity contribution in [2.75, 3.05) is 13.1 Å². The summed E-state index contributed by atoms with van der Waals surface area (Å²) in [6, 6.07) is 0. The molecule has 156 valence electrons. The SMILES string of the molecule is C[C@H]1C[C@@H]2[C@H](CC[C@]3(C)C(=O)CC[C@@H]23)[C@@]2(C)CCC(NO[C@@H]3CCNC3)=CC12. The summed E-state index contributed by atoms with van der Waals surface area (Å²) < 4.78 is 0. The molecular formula is C24H38N2O2. The summed E-state index contributed by atoms with van der Waals surface area (Å²) in [7, 11) is 0. The van der Waals surface area contributed by atoms with Crippen molar-refractivity contribution in [2.45, 2.75) is 78.2 Å². The van der Waals surface area contributed by atoms with Crippen LogP contribution in [0.25, 0.3) is 0 Å². The lowest BCUT2D eigenvalue weighted by molar-refractivity contribution is -0.139. The zero-order valence-corrected chi connectivity index (χ0v) is 17.9. The molecule has 0 amide bonds. The number of hydroxylamine groups is 1. The van der Waals surface area contributed by atoms with Gasteiger partial charge < -0.3 is 5.32 Å². The molecular weight excluding hydrogens is 348 g/mol. The third-order valence-electron chi connectivity index (χ3n) is 9.70. The highest BCUT2D eigenvalue weighted by atomic mass is 16.7. The van der Waals surface area contributed by atoms with Crippen LogP contribution in [0.5, 0.6) is 0 Å². The van der Waals surface area contributed by atoms with E-state index in [-0.39, 0.29) is 5.41 Å². The molecule has 8 atom stereocenters. The van der Waals surface area contributed by atoms with Gasteiger partial charge in [0.05, 0.1) is 6.10 Å². The Morgan fingerprint density at radius 1 is 1.14 bits per heavy atom. The van der Waals surface area contributed by atoms with E-state index in [9.17, 15) is 4.79 Å². The molecule has 5 aliphatic rings. The minimum absolute atomic E-state index is 0.00946. The van der Waals surface area contributed by atoms with Crippen LogP contribution < -0.4 is 10.8 Å². The van der Waals surface area contributed by atoms with Gasteiger partial charge in [0.25, 0.3) is 0 Å². The first-order valence-electron chi connectivity index (χ1n) is 11.8. The van der Waals surface area contributed by atoms with Gasteiger partial charge in [-0.1, -0.05) is 26.8 Å². The van der Waals surface area contributed by atoms with E-state index in [0.717, 1.165) is 57.0 Å². The van der Waals surface area contributed by atoms with Gasteiger partial charge in [0.1, 0.15) is 5.78 Å². The fourth-order valence-corrected chi connectivity index (χ4v) is 8.06. The van der Waals surface area contributed by atoms with Crippen molar-refractivity contribution >= 4 is 5.78 Å². The number of carbonyl (C=O) groups excluding carboxylic acids is 1. The van der Waals surface area contributed by atoms with E-state index < -0.39 is 0 Å². The van der Waals surface area contributed by atoms with Crippen LogP contribution in [0.2, 0.25) is 0 Å². The lowest BCUT2D eigenvalue weighted by atomic mass is 9.44. The molecule has 0 spiro atoms. The second-order valence-electron chi connectivity index (χ2n) is 11.1. The third-order valence-corrected chi connectivity index (χ3v) is 9.70. The summed E-state index contributed by atoms with van der Waals surface area (Å²) in [4.78, 5) is 18.6. The molecule has 0 bridgehead atoms. The summed E-state index contributed by atoms with van der Waals surface area (Å²) in [6.45, 7) is 9.35. The van der Waals surface area contributed by atoms with Crippen LogP contribution in [0.15, 0.2) is 11.8 Å². The molecule has 4 aliphatic carbocycles. The van der Waals surface area contributed by atoms with Crippen molar-refractivity contribution in [1.82, 2.24) is 10.8 Å². The Morgan fingerprint density at radius 2 is 2.00 bits per heavy atom. The van der Waals surface area contributed by atoms with Gasteiger partial charge in [0.15, 0.2) is 0 Å². The summed E-state index contributed by atoms with van der Waals surface area (Å²) in [5, 5.41) is 3.37. The highest BCUT2D eigenvalue weighted by Crippen LogP contribution is 2.66. The average Bonchev–Trinajstić information content (AvgIpc) is 3.29. The Kier molecular flexibility index (Phi) is 4.67. The largest absolute Gasteiger partial charge is 0.314 e. The van der Waals surface area contributed by atoms with Crippen LogP contribution in [0, 0.1) is 40.4 Å². The van der Waals surface area contributed by atoms with Crippen molar-refractivity contribution in [1.29, 1.82) is 0 Å². The fraction of sp³-hybridized carbons (Fsp3) is 0.875. The number of carbonyl (C=O) groups is 1. The van der Waals surface area contributed by atoms with E-state index in [1.807, 2.05) is 0 Å². The van der Waals surface area contributed by atoms with Crippen LogP contribution in [-0.4, -0.2) is 25.0 Å². The summed E-state index contributed by atoms with van der Waals surface area (Å²) >= 11 is 0. The van der Waals surface area contributed by atoms with Crippen molar-refractivity contribution in [2.24, 2.45) is 40.4 Å².